The highest BCUT2D eigenvalue weighted by Gasteiger charge is 2.41. The molecule has 2 aliphatic carbocycles. The number of nitrogens with zero attached hydrogens (tertiary/aromatic N) is 1. The molecule has 2 unspecified atom stereocenters. The maximum atomic E-state index is 2.70. The summed E-state index contributed by atoms with van der Waals surface area (Å²) in [5.74, 6) is 0.922. The minimum atomic E-state index is 0.845. The van der Waals surface area contributed by atoms with Crippen molar-refractivity contribution in [3.8, 4) is 0 Å². The summed E-state index contributed by atoms with van der Waals surface area (Å²) in [6, 6.07) is 1.83. The van der Waals surface area contributed by atoms with Crippen LogP contribution in [0.3, 0.4) is 0 Å². The van der Waals surface area contributed by atoms with Crippen molar-refractivity contribution < 1.29 is 0 Å². The highest BCUT2D eigenvalue weighted by Crippen LogP contribution is 2.39. The van der Waals surface area contributed by atoms with Gasteiger partial charge in [0.1, 0.15) is 0 Å². The Morgan fingerprint density at radius 3 is 2.60 bits per heavy atom. The Kier molecular flexibility index (Phi) is 0.883. The molecule has 1 saturated carbocycles. The second-order valence-corrected chi connectivity index (χ2v) is 3.88. The Labute approximate surface area is 61.7 Å². The Morgan fingerprint density at radius 2 is 2.10 bits per heavy atom. The van der Waals surface area contributed by atoms with Crippen LogP contribution in [0, 0.1) is 5.92 Å². The SMILES string of the molecule is C1=CC2CC1CN2C1CC1. The van der Waals surface area contributed by atoms with Crippen LogP contribution in [0.4, 0.5) is 0 Å². The summed E-state index contributed by atoms with van der Waals surface area (Å²) in [6.45, 7) is 1.37. The lowest BCUT2D eigenvalue weighted by atomic mass is 10.2. The van der Waals surface area contributed by atoms with Crippen molar-refractivity contribution in [2.75, 3.05) is 6.54 Å². The number of likely N-dealkylation sites (tertiary alicyclic amines) is 1. The molecule has 1 nitrogen and oxygen atoms in total. The van der Waals surface area contributed by atoms with Gasteiger partial charge in [0.05, 0.1) is 0 Å². The lowest BCUT2D eigenvalue weighted by Crippen LogP contribution is -2.31. The van der Waals surface area contributed by atoms with Gasteiger partial charge in [-0.3, -0.25) is 4.90 Å². The first kappa shape index (κ1) is 5.36. The number of hydrogen-bond acceptors (Lipinski definition) is 1. The maximum Gasteiger partial charge on any atom is 0.0287 e. The van der Waals surface area contributed by atoms with Crippen molar-refractivity contribution in [1.82, 2.24) is 4.90 Å². The van der Waals surface area contributed by atoms with E-state index >= 15 is 0 Å². The van der Waals surface area contributed by atoms with E-state index in [9.17, 15) is 0 Å². The van der Waals surface area contributed by atoms with E-state index in [1.807, 2.05) is 0 Å². The van der Waals surface area contributed by atoms with Crippen molar-refractivity contribution in [2.45, 2.75) is 31.3 Å². The summed E-state index contributed by atoms with van der Waals surface area (Å²) < 4.78 is 0. The molecule has 2 atom stereocenters. The van der Waals surface area contributed by atoms with Gasteiger partial charge in [0.25, 0.3) is 0 Å². The summed E-state index contributed by atoms with van der Waals surface area (Å²) in [5.41, 5.74) is 0. The first-order valence-electron chi connectivity index (χ1n) is 4.37. The van der Waals surface area contributed by atoms with Gasteiger partial charge in [-0.1, -0.05) is 12.2 Å². The normalized spacial score (nSPS) is 45.2. The van der Waals surface area contributed by atoms with Gasteiger partial charge in [-0.2, -0.15) is 0 Å². The molecule has 0 aromatic heterocycles. The van der Waals surface area contributed by atoms with Crippen LogP contribution in [-0.4, -0.2) is 23.5 Å². The molecular formula is C9H13N. The van der Waals surface area contributed by atoms with E-state index in [0.717, 1.165) is 18.0 Å². The van der Waals surface area contributed by atoms with Crippen LogP contribution in [0.15, 0.2) is 12.2 Å². The van der Waals surface area contributed by atoms with Crippen LogP contribution in [0.5, 0.6) is 0 Å². The fourth-order valence-electron chi connectivity index (χ4n) is 2.37. The molecule has 0 amide bonds. The number of fused-ring (bicyclic) bond motifs is 2. The Bertz CT molecular complexity index is 181. The topological polar surface area (TPSA) is 3.24 Å². The Balaban J connectivity index is 1.83. The van der Waals surface area contributed by atoms with Gasteiger partial charge in [0, 0.05) is 18.6 Å². The van der Waals surface area contributed by atoms with E-state index in [0.29, 0.717) is 0 Å². The molecule has 1 saturated heterocycles. The Morgan fingerprint density at radius 1 is 1.20 bits per heavy atom. The van der Waals surface area contributed by atoms with Crippen LogP contribution in [-0.2, 0) is 0 Å². The van der Waals surface area contributed by atoms with E-state index in [2.05, 4.69) is 17.1 Å². The minimum Gasteiger partial charge on any atom is -0.293 e. The molecule has 0 aromatic carbocycles. The van der Waals surface area contributed by atoms with E-state index < -0.39 is 0 Å². The van der Waals surface area contributed by atoms with Gasteiger partial charge in [0.2, 0.25) is 0 Å². The zero-order chi connectivity index (χ0) is 6.55. The summed E-state index contributed by atoms with van der Waals surface area (Å²) in [7, 11) is 0. The molecule has 3 rings (SSSR count). The lowest BCUT2D eigenvalue weighted by Gasteiger charge is -2.22. The molecular weight excluding hydrogens is 122 g/mol. The van der Waals surface area contributed by atoms with Crippen molar-refractivity contribution in [3.05, 3.63) is 12.2 Å². The third-order valence-corrected chi connectivity index (χ3v) is 3.04. The molecule has 0 spiro atoms. The van der Waals surface area contributed by atoms with Crippen molar-refractivity contribution in [2.24, 2.45) is 5.92 Å². The average molecular weight is 135 g/mol. The summed E-state index contributed by atoms with van der Waals surface area (Å²) in [5, 5.41) is 0. The van der Waals surface area contributed by atoms with Crippen LogP contribution in [0.1, 0.15) is 19.3 Å². The molecule has 1 aliphatic heterocycles. The van der Waals surface area contributed by atoms with Gasteiger partial charge in [0.15, 0.2) is 0 Å². The molecule has 0 aromatic rings. The monoisotopic (exact) mass is 135 g/mol. The largest absolute Gasteiger partial charge is 0.293 e. The second-order valence-electron chi connectivity index (χ2n) is 3.88. The van der Waals surface area contributed by atoms with Crippen LogP contribution in [0.2, 0.25) is 0 Å². The summed E-state index contributed by atoms with van der Waals surface area (Å²) in [6.07, 6.45) is 9.18. The highest BCUT2D eigenvalue weighted by atomic mass is 15.2. The molecule has 1 heteroatoms. The molecule has 0 N–H and O–H groups in total. The molecule has 1 heterocycles. The molecule has 54 valence electrons. The standard InChI is InChI=1S/C9H13N/c1-2-9-5-7(1)6-10(9)8-3-4-8/h1-2,7-9H,3-6H2. The lowest BCUT2D eigenvalue weighted by molar-refractivity contribution is 0.269. The minimum absolute atomic E-state index is 0.845. The zero-order valence-electron chi connectivity index (χ0n) is 6.16. The number of rotatable bonds is 1. The quantitative estimate of drug-likeness (QED) is 0.491. The molecule has 2 bridgehead atoms. The van der Waals surface area contributed by atoms with Crippen molar-refractivity contribution >= 4 is 0 Å². The molecule has 10 heavy (non-hydrogen) atoms. The summed E-state index contributed by atoms with van der Waals surface area (Å²) >= 11 is 0. The van der Waals surface area contributed by atoms with E-state index in [4.69, 9.17) is 0 Å². The fraction of sp³-hybridized carbons (Fsp3) is 0.778. The second kappa shape index (κ2) is 1.65. The van der Waals surface area contributed by atoms with Crippen LogP contribution < -0.4 is 0 Å². The zero-order valence-corrected chi connectivity index (χ0v) is 6.16. The van der Waals surface area contributed by atoms with Gasteiger partial charge >= 0.3 is 0 Å². The third kappa shape index (κ3) is 0.615. The maximum absolute atomic E-state index is 2.70. The van der Waals surface area contributed by atoms with Crippen LogP contribution in [0.25, 0.3) is 0 Å². The third-order valence-electron chi connectivity index (χ3n) is 3.04. The number of hydrogen-bond donors (Lipinski definition) is 0. The van der Waals surface area contributed by atoms with Crippen LogP contribution >= 0.6 is 0 Å². The first-order chi connectivity index (χ1) is 4.93. The predicted octanol–water partition coefficient (Wildman–Crippen LogP) is 1.41. The highest BCUT2D eigenvalue weighted by molar-refractivity contribution is 5.15. The first-order valence-corrected chi connectivity index (χ1v) is 4.37. The molecule has 3 aliphatic rings. The predicted molar refractivity (Wildman–Crippen MR) is 40.8 cm³/mol. The van der Waals surface area contributed by atoms with E-state index in [-0.39, 0.29) is 0 Å². The molecule has 2 fully saturated rings. The van der Waals surface area contributed by atoms with Crippen molar-refractivity contribution in [1.29, 1.82) is 0 Å². The van der Waals surface area contributed by atoms with Gasteiger partial charge in [-0.15, -0.1) is 0 Å². The Hall–Kier alpha value is -0.300. The van der Waals surface area contributed by atoms with E-state index in [1.165, 1.54) is 25.8 Å². The van der Waals surface area contributed by atoms with Gasteiger partial charge < -0.3 is 0 Å². The fourth-order valence-corrected chi connectivity index (χ4v) is 2.37. The summed E-state index contributed by atoms with van der Waals surface area (Å²) in [4.78, 5) is 2.70. The molecule has 0 radical (unpaired) electrons. The average Bonchev–Trinajstić information content (AvgIpc) is 2.60. The smallest absolute Gasteiger partial charge is 0.0287 e. The van der Waals surface area contributed by atoms with Crippen molar-refractivity contribution in [3.63, 3.8) is 0 Å². The van der Waals surface area contributed by atoms with E-state index in [1.54, 1.807) is 0 Å². The van der Waals surface area contributed by atoms with Gasteiger partial charge in [-0.25, -0.2) is 0 Å². The van der Waals surface area contributed by atoms with Gasteiger partial charge in [-0.05, 0) is 25.2 Å².